The Morgan fingerprint density at radius 3 is 2.00 bits per heavy atom. The summed E-state index contributed by atoms with van der Waals surface area (Å²) in [6.45, 7) is 4.88. The predicted molar refractivity (Wildman–Crippen MR) is 44.3 cm³/mol. The van der Waals surface area contributed by atoms with E-state index >= 15 is 0 Å². The minimum atomic E-state index is -4.15. The molecule has 0 aliphatic heterocycles. The molecule has 0 aliphatic carbocycles. The van der Waals surface area contributed by atoms with Gasteiger partial charge in [0.2, 0.25) is 0 Å². The van der Waals surface area contributed by atoms with Crippen LogP contribution in [0.2, 0.25) is 0 Å². The standard InChI is InChI=1S/C9H15F3O/c1-6(2)8(7(3)13)4-5-9(10,11)12/h6,8H,4-5H2,1-3H3. The zero-order valence-corrected chi connectivity index (χ0v) is 8.11. The quantitative estimate of drug-likeness (QED) is 0.674. The molecule has 0 spiro atoms. The number of ketones is 1. The summed E-state index contributed by atoms with van der Waals surface area (Å²) in [6, 6.07) is 0. The Labute approximate surface area is 76.3 Å². The van der Waals surface area contributed by atoms with Crippen LogP contribution in [0.1, 0.15) is 33.6 Å². The van der Waals surface area contributed by atoms with Crippen LogP contribution < -0.4 is 0 Å². The van der Waals surface area contributed by atoms with E-state index in [1.165, 1.54) is 6.92 Å². The highest BCUT2D eigenvalue weighted by Gasteiger charge is 2.30. The fraction of sp³-hybridized carbons (Fsp3) is 0.889. The molecule has 1 nitrogen and oxygen atoms in total. The van der Waals surface area contributed by atoms with Gasteiger partial charge < -0.3 is 0 Å². The van der Waals surface area contributed by atoms with E-state index in [0.717, 1.165) is 0 Å². The van der Waals surface area contributed by atoms with Crippen molar-refractivity contribution in [2.24, 2.45) is 11.8 Å². The number of carbonyl (C=O) groups is 1. The zero-order valence-electron chi connectivity index (χ0n) is 8.11. The van der Waals surface area contributed by atoms with Crippen LogP contribution in [0.4, 0.5) is 13.2 Å². The maximum Gasteiger partial charge on any atom is 0.389 e. The molecule has 78 valence electrons. The topological polar surface area (TPSA) is 17.1 Å². The molecule has 0 aromatic heterocycles. The first-order chi connectivity index (χ1) is 5.74. The van der Waals surface area contributed by atoms with E-state index < -0.39 is 18.5 Å². The molecule has 0 saturated carbocycles. The fourth-order valence-corrected chi connectivity index (χ4v) is 1.33. The second-order valence-electron chi connectivity index (χ2n) is 3.62. The van der Waals surface area contributed by atoms with Crippen molar-refractivity contribution in [2.45, 2.75) is 39.8 Å². The Balaban J connectivity index is 4.06. The molecule has 0 fully saturated rings. The van der Waals surface area contributed by atoms with Crippen LogP contribution in [-0.2, 0) is 4.79 Å². The summed E-state index contributed by atoms with van der Waals surface area (Å²) in [6.07, 6.45) is -5.10. The minimum Gasteiger partial charge on any atom is -0.300 e. The van der Waals surface area contributed by atoms with Crippen molar-refractivity contribution in [2.75, 3.05) is 0 Å². The molecule has 0 rings (SSSR count). The molecule has 0 bridgehead atoms. The second kappa shape index (κ2) is 4.63. The number of halogens is 3. The molecule has 13 heavy (non-hydrogen) atoms. The number of hydrogen-bond donors (Lipinski definition) is 0. The van der Waals surface area contributed by atoms with Gasteiger partial charge in [-0.1, -0.05) is 13.8 Å². The Bertz CT molecular complexity index is 172. The minimum absolute atomic E-state index is 0.0140. The molecule has 0 N–H and O–H groups in total. The summed E-state index contributed by atoms with van der Waals surface area (Å²) < 4.78 is 35.5. The Morgan fingerprint density at radius 2 is 1.77 bits per heavy atom. The van der Waals surface area contributed by atoms with Gasteiger partial charge in [0.25, 0.3) is 0 Å². The third kappa shape index (κ3) is 5.66. The predicted octanol–water partition coefficient (Wildman–Crippen LogP) is 3.19. The van der Waals surface area contributed by atoms with Crippen LogP contribution in [0.5, 0.6) is 0 Å². The van der Waals surface area contributed by atoms with Crippen molar-refractivity contribution in [1.29, 1.82) is 0 Å². The van der Waals surface area contributed by atoms with Gasteiger partial charge in [-0.15, -0.1) is 0 Å². The maximum atomic E-state index is 11.8. The smallest absolute Gasteiger partial charge is 0.300 e. The monoisotopic (exact) mass is 196 g/mol. The summed E-state index contributed by atoms with van der Waals surface area (Å²) in [7, 11) is 0. The van der Waals surface area contributed by atoms with Crippen molar-refractivity contribution in [3.05, 3.63) is 0 Å². The Morgan fingerprint density at radius 1 is 1.31 bits per heavy atom. The van der Waals surface area contributed by atoms with Crippen molar-refractivity contribution in [3.8, 4) is 0 Å². The van der Waals surface area contributed by atoms with Crippen LogP contribution in [0.25, 0.3) is 0 Å². The van der Waals surface area contributed by atoms with E-state index in [2.05, 4.69) is 0 Å². The zero-order chi connectivity index (χ0) is 10.6. The third-order valence-corrected chi connectivity index (χ3v) is 2.07. The number of rotatable bonds is 4. The van der Waals surface area contributed by atoms with Gasteiger partial charge in [-0.25, -0.2) is 0 Å². The number of hydrogen-bond acceptors (Lipinski definition) is 1. The van der Waals surface area contributed by atoms with Crippen molar-refractivity contribution < 1.29 is 18.0 Å². The maximum absolute atomic E-state index is 11.8. The summed E-state index contributed by atoms with van der Waals surface area (Å²) in [5.74, 6) is -0.624. The fourth-order valence-electron chi connectivity index (χ4n) is 1.33. The van der Waals surface area contributed by atoms with Crippen molar-refractivity contribution >= 4 is 5.78 Å². The van der Waals surface area contributed by atoms with E-state index in [1.807, 2.05) is 0 Å². The molecule has 0 aromatic carbocycles. The summed E-state index contributed by atoms with van der Waals surface area (Å²) in [5.41, 5.74) is 0. The molecule has 1 unspecified atom stereocenters. The second-order valence-corrected chi connectivity index (χ2v) is 3.62. The highest BCUT2D eigenvalue weighted by atomic mass is 19.4. The number of Topliss-reactive ketones (excluding diaryl/α,β-unsaturated/α-hetero) is 1. The van der Waals surface area contributed by atoms with Crippen molar-refractivity contribution in [3.63, 3.8) is 0 Å². The van der Waals surface area contributed by atoms with E-state index in [-0.39, 0.29) is 18.1 Å². The lowest BCUT2D eigenvalue weighted by atomic mass is 9.88. The first-order valence-electron chi connectivity index (χ1n) is 4.31. The van der Waals surface area contributed by atoms with Gasteiger partial charge in [-0.2, -0.15) is 13.2 Å². The first kappa shape index (κ1) is 12.5. The SMILES string of the molecule is CC(=O)C(CCC(F)(F)F)C(C)C. The van der Waals surface area contributed by atoms with Crippen LogP contribution in [-0.4, -0.2) is 12.0 Å². The van der Waals surface area contributed by atoms with Gasteiger partial charge in [0.15, 0.2) is 0 Å². The Kier molecular flexibility index (Phi) is 4.44. The molecular formula is C9H15F3O. The molecule has 0 saturated heterocycles. The normalized spacial score (nSPS) is 14.7. The van der Waals surface area contributed by atoms with Crippen LogP contribution >= 0.6 is 0 Å². The molecular weight excluding hydrogens is 181 g/mol. The average Bonchev–Trinajstić information content (AvgIpc) is 1.82. The van der Waals surface area contributed by atoms with Crippen LogP contribution in [0.15, 0.2) is 0 Å². The third-order valence-electron chi connectivity index (χ3n) is 2.07. The molecule has 1 atom stereocenters. The van der Waals surface area contributed by atoms with E-state index in [1.54, 1.807) is 13.8 Å². The lowest BCUT2D eigenvalue weighted by Crippen LogP contribution is -2.20. The van der Waals surface area contributed by atoms with Gasteiger partial charge in [0.05, 0.1) is 0 Å². The molecule has 0 heterocycles. The van der Waals surface area contributed by atoms with E-state index in [9.17, 15) is 18.0 Å². The lowest BCUT2D eigenvalue weighted by Gasteiger charge is -2.18. The number of alkyl halides is 3. The molecule has 4 heteroatoms. The molecule has 0 aliphatic rings. The average molecular weight is 196 g/mol. The van der Waals surface area contributed by atoms with Gasteiger partial charge in [0.1, 0.15) is 5.78 Å². The van der Waals surface area contributed by atoms with Gasteiger partial charge in [-0.3, -0.25) is 4.79 Å². The molecule has 0 amide bonds. The Hall–Kier alpha value is -0.540. The highest BCUT2D eigenvalue weighted by molar-refractivity contribution is 5.78. The largest absolute Gasteiger partial charge is 0.389 e. The van der Waals surface area contributed by atoms with Crippen molar-refractivity contribution in [1.82, 2.24) is 0 Å². The number of carbonyl (C=O) groups excluding carboxylic acids is 1. The van der Waals surface area contributed by atoms with E-state index in [0.29, 0.717) is 0 Å². The summed E-state index contributed by atoms with van der Waals surface area (Å²) in [5, 5.41) is 0. The summed E-state index contributed by atoms with van der Waals surface area (Å²) >= 11 is 0. The lowest BCUT2D eigenvalue weighted by molar-refractivity contribution is -0.141. The van der Waals surface area contributed by atoms with Crippen LogP contribution in [0, 0.1) is 11.8 Å². The molecule has 0 radical (unpaired) electrons. The van der Waals surface area contributed by atoms with Gasteiger partial charge >= 0.3 is 6.18 Å². The van der Waals surface area contributed by atoms with Crippen LogP contribution in [0.3, 0.4) is 0 Å². The highest BCUT2D eigenvalue weighted by Crippen LogP contribution is 2.27. The molecule has 0 aromatic rings. The first-order valence-corrected chi connectivity index (χ1v) is 4.31. The van der Waals surface area contributed by atoms with E-state index in [4.69, 9.17) is 0 Å². The van der Waals surface area contributed by atoms with Gasteiger partial charge in [0, 0.05) is 12.3 Å². The van der Waals surface area contributed by atoms with Gasteiger partial charge in [-0.05, 0) is 19.3 Å². The summed E-state index contributed by atoms with van der Waals surface area (Å²) in [4.78, 5) is 10.9.